The molecule has 0 N–H and O–H groups in total. The normalized spacial score (nSPS) is 21.8. The van der Waals surface area contributed by atoms with Crippen molar-refractivity contribution in [2.24, 2.45) is 0 Å². The molecule has 0 spiro atoms. The van der Waals surface area contributed by atoms with Gasteiger partial charge < -0.3 is 14.7 Å². The minimum Gasteiger partial charge on any atom is -0.318 e. The molecular formula is C18H23ClN4O. The lowest BCUT2D eigenvalue weighted by Crippen LogP contribution is -2.46. The smallest absolute Gasteiger partial charge is 0.255 e. The maximum atomic E-state index is 12.6. The molecular weight excluding hydrogens is 324 g/mol. The molecule has 1 saturated heterocycles. The number of piperazine rings is 1. The second-order valence-electron chi connectivity index (χ2n) is 6.39. The number of carbonyl (C=O) groups is 1. The highest BCUT2D eigenvalue weighted by Crippen LogP contribution is 2.34. The number of nitrogens with zero attached hydrogens (tertiary/aromatic N) is 4. The third-order valence-corrected chi connectivity index (χ3v) is 5.25. The molecule has 2 heterocycles. The SMILES string of the molecule is CCN1CCN(CCCN2C(=O)c3ccc(Cl)cc3C2C#N)CC1. The number of rotatable bonds is 5. The Hall–Kier alpha value is -1.61. The summed E-state index contributed by atoms with van der Waals surface area (Å²) in [7, 11) is 0. The second kappa shape index (κ2) is 7.52. The largest absolute Gasteiger partial charge is 0.318 e. The zero-order valence-electron chi connectivity index (χ0n) is 14.0. The van der Waals surface area contributed by atoms with Crippen LogP contribution >= 0.6 is 11.6 Å². The van der Waals surface area contributed by atoms with Crippen LogP contribution in [0.15, 0.2) is 18.2 Å². The van der Waals surface area contributed by atoms with Crippen LogP contribution in [-0.2, 0) is 0 Å². The summed E-state index contributed by atoms with van der Waals surface area (Å²) in [6.45, 7) is 9.28. The fourth-order valence-corrected chi connectivity index (χ4v) is 3.74. The van der Waals surface area contributed by atoms with E-state index in [0.717, 1.165) is 51.3 Å². The fourth-order valence-electron chi connectivity index (χ4n) is 3.56. The first-order valence-corrected chi connectivity index (χ1v) is 8.96. The van der Waals surface area contributed by atoms with Gasteiger partial charge in [-0.2, -0.15) is 5.26 Å². The van der Waals surface area contributed by atoms with E-state index in [4.69, 9.17) is 11.6 Å². The number of carbonyl (C=O) groups excluding carboxylic acids is 1. The molecule has 1 amide bonds. The highest BCUT2D eigenvalue weighted by atomic mass is 35.5. The molecule has 24 heavy (non-hydrogen) atoms. The highest BCUT2D eigenvalue weighted by molar-refractivity contribution is 6.30. The van der Waals surface area contributed by atoms with Crippen molar-refractivity contribution in [1.82, 2.24) is 14.7 Å². The number of benzene rings is 1. The summed E-state index contributed by atoms with van der Waals surface area (Å²) in [5.41, 5.74) is 1.36. The van der Waals surface area contributed by atoms with Crippen molar-refractivity contribution in [3.05, 3.63) is 34.3 Å². The first-order valence-electron chi connectivity index (χ1n) is 8.58. The molecule has 0 aromatic heterocycles. The van der Waals surface area contributed by atoms with Crippen LogP contribution in [0.3, 0.4) is 0 Å². The minimum atomic E-state index is -0.511. The molecule has 128 valence electrons. The summed E-state index contributed by atoms with van der Waals surface area (Å²) in [4.78, 5) is 19.1. The van der Waals surface area contributed by atoms with Crippen molar-refractivity contribution in [2.45, 2.75) is 19.4 Å². The van der Waals surface area contributed by atoms with E-state index in [1.807, 2.05) is 0 Å². The molecule has 5 nitrogen and oxygen atoms in total. The van der Waals surface area contributed by atoms with E-state index >= 15 is 0 Å². The van der Waals surface area contributed by atoms with Crippen LogP contribution in [0.5, 0.6) is 0 Å². The first-order chi connectivity index (χ1) is 11.6. The second-order valence-corrected chi connectivity index (χ2v) is 6.83. The molecule has 3 rings (SSSR count). The van der Waals surface area contributed by atoms with E-state index in [0.29, 0.717) is 17.1 Å². The average molecular weight is 347 g/mol. The van der Waals surface area contributed by atoms with Crippen molar-refractivity contribution < 1.29 is 4.79 Å². The monoisotopic (exact) mass is 346 g/mol. The van der Waals surface area contributed by atoms with Crippen molar-refractivity contribution in [3.8, 4) is 6.07 Å². The Morgan fingerprint density at radius 2 is 1.92 bits per heavy atom. The number of hydrogen-bond acceptors (Lipinski definition) is 4. The zero-order valence-corrected chi connectivity index (χ0v) is 14.8. The van der Waals surface area contributed by atoms with Gasteiger partial charge in [-0.3, -0.25) is 4.79 Å². The van der Waals surface area contributed by atoms with Gasteiger partial charge >= 0.3 is 0 Å². The van der Waals surface area contributed by atoms with Gasteiger partial charge in [-0.25, -0.2) is 0 Å². The van der Waals surface area contributed by atoms with Crippen LogP contribution < -0.4 is 0 Å². The lowest BCUT2D eigenvalue weighted by molar-refractivity contribution is 0.0740. The highest BCUT2D eigenvalue weighted by Gasteiger charge is 2.36. The van der Waals surface area contributed by atoms with E-state index in [1.54, 1.807) is 23.1 Å². The fraction of sp³-hybridized carbons (Fsp3) is 0.556. The standard InChI is InChI=1S/C18H23ClN4O/c1-2-21-8-10-22(11-9-21)6-3-7-23-17(13-20)16-12-14(19)4-5-15(16)18(23)24/h4-5,12,17H,2-3,6-11H2,1H3. The minimum absolute atomic E-state index is 0.0518. The number of hydrogen-bond donors (Lipinski definition) is 0. The molecule has 1 aromatic rings. The molecule has 0 radical (unpaired) electrons. The molecule has 2 aliphatic heterocycles. The Morgan fingerprint density at radius 3 is 2.58 bits per heavy atom. The number of halogens is 1. The van der Waals surface area contributed by atoms with Gasteiger partial charge in [0, 0.05) is 48.9 Å². The first kappa shape index (κ1) is 17.2. The number of fused-ring (bicyclic) bond motifs is 1. The van der Waals surface area contributed by atoms with Gasteiger partial charge in [0.1, 0.15) is 6.04 Å². The Bertz CT molecular complexity index is 649. The Labute approximate surface area is 148 Å². The predicted octanol–water partition coefficient (Wildman–Crippen LogP) is 2.39. The number of amides is 1. The lowest BCUT2D eigenvalue weighted by Gasteiger charge is -2.34. The van der Waals surface area contributed by atoms with Gasteiger partial charge in [0.05, 0.1) is 6.07 Å². The summed E-state index contributed by atoms with van der Waals surface area (Å²) >= 11 is 6.02. The number of likely N-dealkylation sites (N-methyl/N-ethyl adjacent to an activating group) is 1. The van der Waals surface area contributed by atoms with Gasteiger partial charge in [-0.1, -0.05) is 18.5 Å². The van der Waals surface area contributed by atoms with Crippen LogP contribution in [0.2, 0.25) is 5.02 Å². The van der Waals surface area contributed by atoms with Gasteiger partial charge in [-0.05, 0) is 37.7 Å². The molecule has 6 heteroatoms. The summed E-state index contributed by atoms with van der Waals surface area (Å²) in [6.07, 6.45) is 0.887. The Morgan fingerprint density at radius 1 is 1.21 bits per heavy atom. The molecule has 1 unspecified atom stereocenters. The van der Waals surface area contributed by atoms with Crippen molar-refractivity contribution in [2.75, 3.05) is 45.8 Å². The van der Waals surface area contributed by atoms with Gasteiger partial charge in [0.2, 0.25) is 0 Å². The molecule has 0 bridgehead atoms. The molecule has 1 fully saturated rings. The van der Waals surface area contributed by atoms with Gasteiger partial charge in [-0.15, -0.1) is 0 Å². The van der Waals surface area contributed by atoms with Crippen LogP contribution in [0.4, 0.5) is 0 Å². The Balaban J connectivity index is 1.56. The summed E-state index contributed by atoms with van der Waals surface area (Å²) < 4.78 is 0. The van der Waals surface area contributed by atoms with E-state index in [9.17, 15) is 10.1 Å². The van der Waals surface area contributed by atoms with Crippen LogP contribution in [-0.4, -0.2) is 66.4 Å². The summed E-state index contributed by atoms with van der Waals surface area (Å²) in [5.74, 6) is -0.0518. The molecule has 1 atom stereocenters. The maximum Gasteiger partial charge on any atom is 0.255 e. The number of nitriles is 1. The third-order valence-electron chi connectivity index (χ3n) is 5.02. The van der Waals surface area contributed by atoms with Crippen molar-refractivity contribution >= 4 is 17.5 Å². The molecule has 0 saturated carbocycles. The van der Waals surface area contributed by atoms with Crippen LogP contribution in [0.25, 0.3) is 0 Å². The predicted molar refractivity (Wildman–Crippen MR) is 94.0 cm³/mol. The summed E-state index contributed by atoms with van der Waals surface area (Å²) in [6, 6.07) is 6.93. The van der Waals surface area contributed by atoms with E-state index < -0.39 is 6.04 Å². The molecule has 1 aromatic carbocycles. The average Bonchev–Trinajstić information content (AvgIpc) is 2.86. The topological polar surface area (TPSA) is 50.6 Å². The van der Waals surface area contributed by atoms with E-state index in [1.165, 1.54) is 0 Å². The van der Waals surface area contributed by atoms with E-state index in [2.05, 4.69) is 22.8 Å². The molecule has 2 aliphatic rings. The van der Waals surface area contributed by atoms with Crippen LogP contribution in [0.1, 0.15) is 35.3 Å². The summed E-state index contributed by atoms with van der Waals surface area (Å²) in [5, 5.41) is 10.1. The zero-order chi connectivity index (χ0) is 17.1. The van der Waals surface area contributed by atoms with Crippen molar-refractivity contribution in [3.63, 3.8) is 0 Å². The quantitative estimate of drug-likeness (QED) is 0.821. The van der Waals surface area contributed by atoms with Gasteiger partial charge in [0.15, 0.2) is 0 Å². The van der Waals surface area contributed by atoms with E-state index in [-0.39, 0.29) is 5.91 Å². The van der Waals surface area contributed by atoms with Gasteiger partial charge in [0.25, 0.3) is 5.91 Å². The van der Waals surface area contributed by atoms with Crippen molar-refractivity contribution in [1.29, 1.82) is 5.26 Å². The maximum absolute atomic E-state index is 12.6. The third kappa shape index (κ3) is 3.41. The van der Waals surface area contributed by atoms with Crippen LogP contribution in [0, 0.1) is 11.3 Å². The molecule has 0 aliphatic carbocycles. The Kier molecular flexibility index (Phi) is 5.40. The lowest BCUT2D eigenvalue weighted by atomic mass is 10.1.